The van der Waals surface area contributed by atoms with Gasteiger partial charge in [0.15, 0.2) is 0 Å². The van der Waals surface area contributed by atoms with Crippen LogP contribution in [0.4, 0.5) is 4.39 Å². The number of aryl methyl sites for hydroxylation is 1. The van der Waals surface area contributed by atoms with Crippen LogP contribution in [0.2, 0.25) is 0 Å². The van der Waals surface area contributed by atoms with E-state index < -0.39 is 0 Å². The van der Waals surface area contributed by atoms with Crippen LogP contribution in [0.3, 0.4) is 0 Å². The molecule has 0 heterocycles. The third-order valence-electron chi connectivity index (χ3n) is 3.16. The van der Waals surface area contributed by atoms with Gasteiger partial charge in [-0.1, -0.05) is 42.0 Å². The lowest BCUT2D eigenvalue weighted by Crippen LogP contribution is -2.18. The molecule has 0 aliphatic rings. The number of hydrogen-bond acceptors (Lipinski definition) is 1. The van der Waals surface area contributed by atoms with E-state index in [-0.39, 0.29) is 11.9 Å². The fraction of sp³-hybridized carbons (Fsp3) is 0.250. The van der Waals surface area contributed by atoms with Gasteiger partial charge >= 0.3 is 0 Å². The van der Waals surface area contributed by atoms with Crippen LogP contribution in [0, 0.1) is 12.7 Å². The summed E-state index contributed by atoms with van der Waals surface area (Å²) in [5.74, 6) is -0.175. The normalized spacial score (nSPS) is 12.4. The minimum atomic E-state index is -0.175. The van der Waals surface area contributed by atoms with Gasteiger partial charge in [0, 0.05) is 6.04 Å². The molecule has 1 N–H and O–H groups in total. The number of nitrogens with one attached hydrogen (secondary N) is 1. The van der Waals surface area contributed by atoms with Crippen LogP contribution in [0.1, 0.15) is 22.7 Å². The van der Waals surface area contributed by atoms with Crippen LogP contribution >= 0.6 is 0 Å². The van der Waals surface area contributed by atoms with Crippen LogP contribution in [-0.2, 0) is 6.42 Å². The molecule has 1 atom stereocenters. The van der Waals surface area contributed by atoms with Crippen molar-refractivity contribution < 1.29 is 4.39 Å². The van der Waals surface area contributed by atoms with Crippen molar-refractivity contribution in [3.05, 3.63) is 71.0 Å². The smallest absolute Gasteiger partial charge is 0.123 e. The largest absolute Gasteiger partial charge is 0.313 e. The van der Waals surface area contributed by atoms with Crippen LogP contribution in [0.15, 0.2) is 48.5 Å². The van der Waals surface area contributed by atoms with Gasteiger partial charge in [-0.2, -0.15) is 0 Å². The second kappa shape index (κ2) is 5.78. The summed E-state index contributed by atoms with van der Waals surface area (Å²) in [6.45, 7) is 2.07. The first-order valence-electron chi connectivity index (χ1n) is 6.17. The van der Waals surface area contributed by atoms with Crippen molar-refractivity contribution in [1.82, 2.24) is 5.32 Å². The number of rotatable bonds is 4. The van der Waals surface area contributed by atoms with Gasteiger partial charge in [-0.15, -0.1) is 0 Å². The molecule has 2 aromatic rings. The van der Waals surface area contributed by atoms with E-state index in [2.05, 4.69) is 36.5 Å². The maximum atomic E-state index is 13.2. The van der Waals surface area contributed by atoms with Gasteiger partial charge in [-0.25, -0.2) is 4.39 Å². The van der Waals surface area contributed by atoms with Crippen molar-refractivity contribution in [2.24, 2.45) is 0 Å². The van der Waals surface area contributed by atoms with Crippen molar-refractivity contribution in [2.75, 3.05) is 7.05 Å². The van der Waals surface area contributed by atoms with Gasteiger partial charge in [0.05, 0.1) is 0 Å². The Morgan fingerprint density at radius 2 is 1.83 bits per heavy atom. The van der Waals surface area contributed by atoms with Gasteiger partial charge in [-0.05, 0) is 43.7 Å². The molecule has 2 aromatic carbocycles. The zero-order valence-electron chi connectivity index (χ0n) is 10.8. The molecule has 0 spiro atoms. The molecule has 0 aromatic heterocycles. The summed E-state index contributed by atoms with van der Waals surface area (Å²) in [4.78, 5) is 0. The second-order valence-corrected chi connectivity index (χ2v) is 4.59. The molecule has 0 saturated carbocycles. The summed E-state index contributed by atoms with van der Waals surface area (Å²) in [6, 6.07) is 15.4. The number of benzene rings is 2. The molecular weight excluding hydrogens is 225 g/mol. The molecule has 94 valence electrons. The van der Waals surface area contributed by atoms with Crippen molar-refractivity contribution in [3.63, 3.8) is 0 Å². The molecule has 0 bridgehead atoms. The van der Waals surface area contributed by atoms with E-state index in [4.69, 9.17) is 0 Å². The van der Waals surface area contributed by atoms with Crippen LogP contribution in [0.25, 0.3) is 0 Å². The SMILES string of the molecule is CNC(Cc1cccc(F)c1)c1ccc(C)cc1. The fourth-order valence-electron chi connectivity index (χ4n) is 2.08. The molecule has 0 fully saturated rings. The fourth-order valence-corrected chi connectivity index (χ4v) is 2.08. The Morgan fingerprint density at radius 1 is 1.11 bits per heavy atom. The molecule has 0 amide bonds. The highest BCUT2D eigenvalue weighted by molar-refractivity contribution is 5.27. The van der Waals surface area contributed by atoms with E-state index in [0.717, 1.165) is 12.0 Å². The maximum Gasteiger partial charge on any atom is 0.123 e. The Balaban J connectivity index is 2.17. The molecule has 0 aliphatic carbocycles. The average Bonchev–Trinajstić information content (AvgIpc) is 2.37. The number of likely N-dealkylation sites (N-methyl/N-ethyl adjacent to an activating group) is 1. The molecule has 1 unspecified atom stereocenters. The van der Waals surface area contributed by atoms with E-state index in [1.165, 1.54) is 17.2 Å². The van der Waals surface area contributed by atoms with E-state index in [9.17, 15) is 4.39 Å². The Labute approximate surface area is 108 Å². The van der Waals surface area contributed by atoms with Gasteiger partial charge in [0.2, 0.25) is 0 Å². The molecular formula is C16H18FN. The van der Waals surface area contributed by atoms with Gasteiger partial charge in [0.1, 0.15) is 5.82 Å². The molecule has 18 heavy (non-hydrogen) atoms. The molecule has 0 radical (unpaired) electrons. The predicted molar refractivity (Wildman–Crippen MR) is 73.1 cm³/mol. The zero-order valence-corrected chi connectivity index (χ0v) is 10.8. The quantitative estimate of drug-likeness (QED) is 0.864. The maximum absolute atomic E-state index is 13.2. The number of halogens is 1. The Hall–Kier alpha value is -1.67. The second-order valence-electron chi connectivity index (χ2n) is 4.59. The van der Waals surface area contributed by atoms with Crippen LogP contribution in [-0.4, -0.2) is 7.05 Å². The van der Waals surface area contributed by atoms with Crippen molar-refractivity contribution >= 4 is 0 Å². The standard InChI is InChI=1S/C16H18FN/c1-12-6-8-14(9-7-12)16(18-2)11-13-4-3-5-15(17)10-13/h3-10,16,18H,11H2,1-2H3. The summed E-state index contributed by atoms with van der Waals surface area (Å²) >= 11 is 0. The topological polar surface area (TPSA) is 12.0 Å². The van der Waals surface area contributed by atoms with E-state index >= 15 is 0 Å². The third-order valence-corrected chi connectivity index (χ3v) is 3.16. The lowest BCUT2D eigenvalue weighted by atomic mass is 9.98. The van der Waals surface area contributed by atoms with E-state index in [1.807, 2.05) is 13.1 Å². The molecule has 2 heteroatoms. The first-order chi connectivity index (χ1) is 8.69. The molecule has 0 aliphatic heterocycles. The lowest BCUT2D eigenvalue weighted by Gasteiger charge is -2.17. The predicted octanol–water partition coefficient (Wildman–Crippen LogP) is 3.64. The van der Waals surface area contributed by atoms with E-state index in [0.29, 0.717) is 0 Å². The first-order valence-corrected chi connectivity index (χ1v) is 6.17. The van der Waals surface area contributed by atoms with Gasteiger partial charge in [0.25, 0.3) is 0 Å². The van der Waals surface area contributed by atoms with Gasteiger partial charge < -0.3 is 5.32 Å². The van der Waals surface area contributed by atoms with Gasteiger partial charge in [-0.3, -0.25) is 0 Å². The van der Waals surface area contributed by atoms with Crippen LogP contribution in [0.5, 0.6) is 0 Å². The lowest BCUT2D eigenvalue weighted by molar-refractivity contribution is 0.584. The minimum Gasteiger partial charge on any atom is -0.313 e. The van der Waals surface area contributed by atoms with E-state index in [1.54, 1.807) is 12.1 Å². The summed E-state index contributed by atoms with van der Waals surface area (Å²) in [7, 11) is 1.93. The highest BCUT2D eigenvalue weighted by atomic mass is 19.1. The highest BCUT2D eigenvalue weighted by Gasteiger charge is 2.10. The average molecular weight is 243 g/mol. The summed E-state index contributed by atoms with van der Waals surface area (Å²) < 4.78 is 13.2. The minimum absolute atomic E-state index is 0.175. The van der Waals surface area contributed by atoms with Crippen molar-refractivity contribution in [1.29, 1.82) is 0 Å². The van der Waals surface area contributed by atoms with Crippen LogP contribution < -0.4 is 5.32 Å². The summed E-state index contributed by atoms with van der Waals surface area (Å²) in [5.41, 5.74) is 3.49. The molecule has 1 nitrogen and oxygen atoms in total. The summed E-state index contributed by atoms with van der Waals surface area (Å²) in [6.07, 6.45) is 0.789. The highest BCUT2D eigenvalue weighted by Crippen LogP contribution is 2.19. The Bertz CT molecular complexity index is 505. The van der Waals surface area contributed by atoms with Crippen molar-refractivity contribution in [2.45, 2.75) is 19.4 Å². The van der Waals surface area contributed by atoms with Crippen molar-refractivity contribution in [3.8, 4) is 0 Å². The Kier molecular flexibility index (Phi) is 4.11. The zero-order chi connectivity index (χ0) is 13.0. The molecule has 2 rings (SSSR count). The third kappa shape index (κ3) is 3.17. The molecule has 0 saturated heterocycles. The number of hydrogen-bond donors (Lipinski definition) is 1. The first kappa shape index (κ1) is 12.8. The Morgan fingerprint density at radius 3 is 2.44 bits per heavy atom. The summed E-state index contributed by atoms with van der Waals surface area (Å²) in [5, 5.41) is 3.28. The monoisotopic (exact) mass is 243 g/mol.